The van der Waals surface area contributed by atoms with E-state index in [9.17, 15) is 4.79 Å². The van der Waals surface area contributed by atoms with Gasteiger partial charge in [-0.2, -0.15) is 0 Å². The van der Waals surface area contributed by atoms with Gasteiger partial charge in [0.1, 0.15) is 0 Å². The summed E-state index contributed by atoms with van der Waals surface area (Å²) in [4.78, 5) is 11.9. The zero-order valence-electron chi connectivity index (χ0n) is 11.7. The number of nitrogens with one attached hydrogen (secondary N) is 2. The van der Waals surface area contributed by atoms with Gasteiger partial charge in [0.25, 0.3) is 0 Å². The summed E-state index contributed by atoms with van der Waals surface area (Å²) in [6, 6.07) is 16.3. The first-order chi connectivity index (χ1) is 9.57. The molecule has 0 aliphatic carbocycles. The number of hydrogen-bond acceptors (Lipinski definition) is 2. The summed E-state index contributed by atoms with van der Waals surface area (Å²) in [6.07, 6.45) is 0. The molecule has 0 aromatic heterocycles. The summed E-state index contributed by atoms with van der Waals surface area (Å²) in [7, 11) is 0. The second kappa shape index (κ2) is 4.67. The first kappa shape index (κ1) is 12.7. The van der Waals surface area contributed by atoms with Crippen molar-refractivity contribution in [3.63, 3.8) is 0 Å². The summed E-state index contributed by atoms with van der Waals surface area (Å²) < 4.78 is 0. The van der Waals surface area contributed by atoms with Crippen LogP contribution in [0.15, 0.2) is 48.5 Å². The summed E-state index contributed by atoms with van der Waals surface area (Å²) >= 11 is 0. The summed E-state index contributed by atoms with van der Waals surface area (Å²) in [5, 5.41) is 6.33. The molecule has 1 aliphatic heterocycles. The average Bonchev–Trinajstić information content (AvgIpc) is 2.68. The molecule has 0 saturated heterocycles. The van der Waals surface area contributed by atoms with E-state index in [1.807, 2.05) is 50.2 Å². The number of carbonyl (C=O) groups excluding carboxylic acids is 1. The first-order valence-electron chi connectivity index (χ1n) is 6.81. The topological polar surface area (TPSA) is 41.1 Å². The quantitative estimate of drug-likeness (QED) is 0.892. The van der Waals surface area contributed by atoms with Crippen LogP contribution in [0.2, 0.25) is 0 Å². The Morgan fingerprint density at radius 1 is 1.10 bits per heavy atom. The zero-order valence-corrected chi connectivity index (χ0v) is 11.7. The Hall–Kier alpha value is -2.29. The minimum absolute atomic E-state index is 0.0627. The Balaban J connectivity index is 1.78. The standard InChI is InChI=1S/C17H18N2O/c1-17(2)14-9-8-13(10-15(14)19-16(17)20)18-11-12-6-4-3-5-7-12/h3-10,18H,11H2,1-2H3,(H,19,20). The Labute approximate surface area is 119 Å². The third-order valence-corrected chi connectivity index (χ3v) is 3.85. The van der Waals surface area contributed by atoms with Crippen LogP contribution in [0.4, 0.5) is 11.4 Å². The number of anilines is 2. The molecular formula is C17H18N2O. The van der Waals surface area contributed by atoms with E-state index in [1.54, 1.807) is 0 Å². The molecule has 1 amide bonds. The predicted octanol–water partition coefficient (Wildman–Crippen LogP) is 3.53. The van der Waals surface area contributed by atoms with Crippen molar-refractivity contribution in [3.8, 4) is 0 Å². The average molecular weight is 266 g/mol. The monoisotopic (exact) mass is 266 g/mol. The number of amides is 1. The molecule has 1 aliphatic rings. The van der Waals surface area contributed by atoms with Gasteiger partial charge in [0.05, 0.1) is 5.41 Å². The van der Waals surface area contributed by atoms with Gasteiger partial charge in [-0.1, -0.05) is 36.4 Å². The Morgan fingerprint density at radius 2 is 1.85 bits per heavy atom. The molecule has 0 radical (unpaired) electrons. The number of benzene rings is 2. The molecule has 102 valence electrons. The Kier molecular flexibility index (Phi) is 2.97. The van der Waals surface area contributed by atoms with Gasteiger partial charge in [0.2, 0.25) is 5.91 Å². The fourth-order valence-electron chi connectivity index (χ4n) is 2.50. The van der Waals surface area contributed by atoms with Crippen molar-refractivity contribution >= 4 is 17.3 Å². The van der Waals surface area contributed by atoms with E-state index in [-0.39, 0.29) is 5.91 Å². The van der Waals surface area contributed by atoms with Crippen molar-refractivity contribution in [2.75, 3.05) is 10.6 Å². The van der Waals surface area contributed by atoms with E-state index in [0.717, 1.165) is 23.5 Å². The third-order valence-electron chi connectivity index (χ3n) is 3.85. The Morgan fingerprint density at radius 3 is 2.60 bits per heavy atom. The van der Waals surface area contributed by atoms with Crippen LogP contribution >= 0.6 is 0 Å². The molecule has 20 heavy (non-hydrogen) atoms. The largest absolute Gasteiger partial charge is 0.381 e. The predicted molar refractivity (Wildman–Crippen MR) is 81.9 cm³/mol. The van der Waals surface area contributed by atoms with Crippen LogP contribution in [0.5, 0.6) is 0 Å². The van der Waals surface area contributed by atoms with E-state index < -0.39 is 5.41 Å². The molecule has 0 atom stereocenters. The van der Waals surface area contributed by atoms with Crippen LogP contribution in [0.25, 0.3) is 0 Å². The van der Waals surface area contributed by atoms with Crippen molar-refractivity contribution in [3.05, 3.63) is 59.7 Å². The smallest absolute Gasteiger partial charge is 0.234 e. The van der Waals surface area contributed by atoms with E-state index in [2.05, 4.69) is 22.8 Å². The van der Waals surface area contributed by atoms with Crippen molar-refractivity contribution in [1.29, 1.82) is 0 Å². The molecule has 0 fully saturated rings. The number of carbonyl (C=O) groups is 1. The maximum Gasteiger partial charge on any atom is 0.234 e. The van der Waals surface area contributed by atoms with Gasteiger partial charge in [-0.05, 0) is 37.1 Å². The van der Waals surface area contributed by atoms with Crippen LogP contribution in [0, 0.1) is 0 Å². The summed E-state index contributed by atoms with van der Waals surface area (Å²) in [5.41, 5.74) is 3.79. The maximum atomic E-state index is 11.9. The number of fused-ring (bicyclic) bond motifs is 1. The zero-order chi connectivity index (χ0) is 14.2. The lowest BCUT2D eigenvalue weighted by Crippen LogP contribution is -2.26. The van der Waals surface area contributed by atoms with E-state index in [0.29, 0.717) is 0 Å². The van der Waals surface area contributed by atoms with Crippen LogP contribution in [-0.2, 0) is 16.8 Å². The summed E-state index contributed by atoms with van der Waals surface area (Å²) in [5.74, 6) is 0.0627. The molecule has 0 spiro atoms. The molecule has 2 aromatic rings. The molecule has 0 saturated carbocycles. The van der Waals surface area contributed by atoms with E-state index in [1.165, 1.54) is 5.56 Å². The Bertz CT molecular complexity index is 647. The number of hydrogen-bond donors (Lipinski definition) is 2. The van der Waals surface area contributed by atoms with Gasteiger partial charge in [-0.15, -0.1) is 0 Å². The SMILES string of the molecule is CC1(C)C(=O)Nc2cc(NCc3ccccc3)ccc21. The second-order valence-corrected chi connectivity index (χ2v) is 5.68. The van der Waals surface area contributed by atoms with Gasteiger partial charge in [0.15, 0.2) is 0 Å². The van der Waals surface area contributed by atoms with Crippen LogP contribution in [0.3, 0.4) is 0 Å². The van der Waals surface area contributed by atoms with Crippen molar-refractivity contribution < 1.29 is 4.79 Å². The number of rotatable bonds is 3. The highest BCUT2D eigenvalue weighted by Crippen LogP contribution is 2.38. The second-order valence-electron chi connectivity index (χ2n) is 5.68. The molecule has 1 heterocycles. The van der Waals surface area contributed by atoms with Crippen molar-refractivity contribution in [2.24, 2.45) is 0 Å². The van der Waals surface area contributed by atoms with Gasteiger partial charge in [-0.3, -0.25) is 4.79 Å². The highest BCUT2D eigenvalue weighted by atomic mass is 16.2. The van der Waals surface area contributed by atoms with Gasteiger partial charge < -0.3 is 10.6 Å². The van der Waals surface area contributed by atoms with Crippen LogP contribution in [-0.4, -0.2) is 5.91 Å². The lowest BCUT2D eigenvalue weighted by atomic mass is 9.86. The third kappa shape index (κ3) is 2.16. The van der Waals surface area contributed by atoms with Crippen molar-refractivity contribution in [1.82, 2.24) is 0 Å². The molecule has 3 rings (SSSR count). The van der Waals surface area contributed by atoms with Gasteiger partial charge in [-0.25, -0.2) is 0 Å². The molecule has 2 N–H and O–H groups in total. The lowest BCUT2D eigenvalue weighted by Gasteiger charge is -2.15. The minimum Gasteiger partial charge on any atom is -0.381 e. The summed E-state index contributed by atoms with van der Waals surface area (Å²) in [6.45, 7) is 4.67. The normalized spacial score (nSPS) is 15.6. The molecule has 2 aromatic carbocycles. The minimum atomic E-state index is -0.437. The molecule has 3 nitrogen and oxygen atoms in total. The van der Waals surface area contributed by atoms with Crippen LogP contribution in [0.1, 0.15) is 25.0 Å². The van der Waals surface area contributed by atoms with Gasteiger partial charge in [0, 0.05) is 17.9 Å². The van der Waals surface area contributed by atoms with Crippen molar-refractivity contribution in [2.45, 2.75) is 25.8 Å². The van der Waals surface area contributed by atoms with E-state index in [4.69, 9.17) is 0 Å². The fourth-order valence-corrected chi connectivity index (χ4v) is 2.50. The highest BCUT2D eigenvalue weighted by Gasteiger charge is 2.38. The lowest BCUT2D eigenvalue weighted by molar-refractivity contribution is -0.119. The maximum absolute atomic E-state index is 11.9. The first-order valence-corrected chi connectivity index (χ1v) is 6.81. The molecular weight excluding hydrogens is 248 g/mol. The highest BCUT2D eigenvalue weighted by molar-refractivity contribution is 6.06. The van der Waals surface area contributed by atoms with Gasteiger partial charge >= 0.3 is 0 Å². The van der Waals surface area contributed by atoms with E-state index >= 15 is 0 Å². The molecule has 0 bridgehead atoms. The molecule has 3 heteroatoms. The fraction of sp³-hybridized carbons (Fsp3) is 0.235. The van der Waals surface area contributed by atoms with Crippen LogP contribution < -0.4 is 10.6 Å². The molecule has 0 unspecified atom stereocenters.